The van der Waals surface area contributed by atoms with Crippen LogP contribution in [0.15, 0.2) is 24.3 Å². The lowest BCUT2D eigenvalue weighted by Crippen LogP contribution is -2.36. The van der Waals surface area contributed by atoms with Crippen molar-refractivity contribution in [2.24, 2.45) is 0 Å². The third kappa shape index (κ3) is 3.03. The molecule has 2 unspecified atom stereocenters. The van der Waals surface area contributed by atoms with E-state index in [0.29, 0.717) is 5.56 Å². The van der Waals surface area contributed by atoms with Crippen LogP contribution in [0.5, 0.6) is 0 Å². The number of halogens is 1. The number of nitrogens with one attached hydrogen (secondary N) is 1. The summed E-state index contributed by atoms with van der Waals surface area (Å²) in [5.41, 5.74) is 0.540. The van der Waals surface area contributed by atoms with E-state index >= 15 is 0 Å². The number of methoxy groups -OCH3 is 1. The molecule has 0 aromatic heterocycles. The molecule has 0 heterocycles. The molecule has 0 fully saturated rings. The second-order valence-corrected chi connectivity index (χ2v) is 3.65. The highest BCUT2D eigenvalue weighted by Crippen LogP contribution is 2.16. The van der Waals surface area contributed by atoms with Crippen molar-refractivity contribution in [3.05, 3.63) is 35.6 Å². The van der Waals surface area contributed by atoms with E-state index in [9.17, 15) is 9.18 Å². The smallest absolute Gasteiger partial charge is 0.322 e. The van der Waals surface area contributed by atoms with E-state index in [2.05, 4.69) is 10.1 Å². The molecule has 0 saturated heterocycles. The summed E-state index contributed by atoms with van der Waals surface area (Å²) < 4.78 is 18.0. The molecule has 0 amide bonds. The number of ether oxygens (including phenoxy) is 1. The first-order valence-corrected chi connectivity index (χ1v) is 5.14. The predicted octanol–water partition coefficient (Wildman–Crippen LogP) is 2.04. The van der Waals surface area contributed by atoms with E-state index in [-0.39, 0.29) is 17.8 Å². The molecule has 0 aliphatic rings. The number of hydrogen-bond acceptors (Lipinski definition) is 3. The Labute approximate surface area is 94.6 Å². The summed E-state index contributed by atoms with van der Waals surface area (Å²) in [6.45, 7) is 3.49. The van der Waals surface area contributed by atoms with Gasteiger partial charge in [0.2, 0.25) is 0 Å². The molecular weight excluding hydrogens is 209 g/mol. The van der Waals surface area contributed by atoms with Crippen molar-refractivity contribution in [3.63, 3.8) is 0 Å². The Bertz CT molecular complexity index is 368. The van der Waals surface area contributed by atoms with Crippen molar-refractivity contribution < 1.29 is 13.9 Å². The van der Waals surface area contributed by atoms with Crippen LogP contribution in [0.1, 0.15) is 25.5 Å². The highest BCUT2D eigenvalue weighted by atomic mass is 19.1. The first-order chi connectivity index (χ1) is 7.56. The van der Waals surface area contributed by atoms with E-state index in [1.165, 1.54) is 13.2 Å². The molecule has 0 bridgehead atoms. The Balaban J connectivity index is 2.69. The second-order valence-electron chi connectivity index (χ2n) is 3.65. The van der Waals surface area contributed by atoms with Crippen molar-refractivity contribution in [2.45, 2.75) is 25.9 Å². The monoisotopic (exact) mass is 225 g/mol. The van der Waals surface area contributed by atoms with E-state index in [1.807, 2.05) is 0 Å². The van der Waals surface area contributed by atoms with E-state index < -0.39 is 6.04 Å². The quantitative estimate of drug-likeness (QED) is 0.797. The van der Waals surface area contributed by atoms with Gasteiger partial charge in [0, 0.05) is 11.6 Å². The SMILES string of the molecule is COC(=O)C(C)NC(C)c1ccccc1F. The van der Waals surface area contributed by atoms with Gasteiger partial charge in [0.25, 0.3) is 0 Å². The summed E-state index contributed by atoms with van der Waals surface area (Å²) >= 11 is 0. The van der Waals surface area contributed by atoms with Gasteiger partial charge >= 0.3 is 5.97 Å². The summed E-state index contributed by atoms with van der Waals surface area (Å²) in [6.07, 6.45) is 0. The number of esters is 1. The fourth-order valence-electron chi connectivity index (χ4n) is 1.54. The topological polar surface area (TPSA) is 38.3 Å². The van der Waals surface area contributed by atoms with Gasteiger partial charge in [-0.15, -0.1) is 0 Å². The highest BCUT2D eigenvalue weighted by Gasteiger charge is 2.17. The maximum atomic E-state index is 13.4. The number of carbonyl (C=O) groups is 1. The average molecular weight is 225 g/mol. The maximum Gasteiger partial charge on any atom is 0.322 e. The van der Waals surface area contributed by atoms with Crippen LogP contribution in [0.25, 0.3) is 0 Å². The fraction of sp³-hybridized carbons (Fsp3) is 0.417. The summed E-state index contributed by atoms with van der Waals surface area (Å²) in [5, 5.41) is 2.97. The van der Waals surface area contributed by atoms with Crippen LogP contribution in [0.2, 0.25) is 0 Å². The van der Waals surface area contributed by atoms with Crippen LogP contribution in [0.3, 0.4) is 0 Å². The maximum absolute atomic E-state index is 13.4. The van der Waals surface area contributed by atoms with Gasteiger partial charge in [-0.25, -0.2) is 4.39 Å². The zero-order valence-electron chi connectivity index (χ0n) is 9.66. The van der Waals surface area contributed by atoms with Gasteiger partial charge in [0.15, 0.2) is 0 Å². The zero-order valence-corrected chi connectivity index (χ0v) is 9.66. The number of rotatable bonds is 4. The van der Waals surface area contributed by atoms with Gasteiger partial charge in [-0.05, 0) is 19.9 Å². The average Bonchev–Trinajstić information content (AvgIpc) is 2.28. The van der Waals surface area contributed by atoms with Crippen LogP contribution in [-0.4, -0.2) is 19.1 Å². The molecule has 0 spiro atoms. The van der Waals surface area contributed by atoms with E-state index in [1.54, 1.807) is 32.0 Å². The molecule has 1 aromatic carbocycles. The molecule has 1 aromatic rings. The lowest BCUT2D eigenvalue weighted by atomic mass is 10.1. The molecule has 88 valence electrons. The molecule has 1 N–H and O–H groups in total. The van der Waals surface area contributed by atoms with Crippen LogP contribution >= 0.6 is 0 Å². The van der Waals surface area contributed by atoms with Crippen LogP contribution < -0.4 is 5.32 Å². The largest absolute Gasteiger partial charge is 0.468 e. The summed E-state index contributed by atoms with van der Waals surface area (Å²) in [5.74, 6) is -0.636. The Morgan fingerprint density at radius 2 is 2.00 bits per heavy atom. The molecule has 3 nitrogen and oxygen atoms in total. The summed E-state index contributed by atoms with van der Waals surface area (Å²) in [6, 6.07) is 5.79. The molecule has 16 heavy (non-hydrogen) atoms. The Kier molecular flexibility index (Phi) is 4.43. The zero-order chi connectivity index (χ0) is 12.1. The minimum absolute atomic E-state index is 0.240. The van der Waals surface area contributed by atoms with Crippen molar-refractivity contribution in [2.75, 3.05) is 7.11 Å². The first-order valence-electron chi connectivity index (χ1n) is 5.14. The second kappa shape index (κ2) is 5.61. The van der Waals surface area contributed by atoms with Gasteiger partial charge in [0.05, 0.1) is 7.11 Å². The van der Waals surface area contributed by atoms with Crippen LogP contribution in [-0.2, 0) is 9.53 Å². The van der Waals surface area contributed by atoms with Gasteiger partial charge in [-0.2, -0.15) is 0 Å². The lowest BCUT2D eigenvalue weighted by Gasteiger charge is -2.18. The minimum Gasteiger partial charge on any atom is -0.468 e. The summed E-state index contributed by atoms with van der Waals surface area (Å²) in [4.78, 5) is 11.2. The summed E-state index contributed by atoms with van der Waals surface area (Å²) in [7, 11) is 1.33. The van der Waals surface area contributed by atoms with Gasteiger partial charge in [-0.3, -0.25) is 10.1 Å². The normalized spacial score (nSPS) is 14.2. The molecule has 1 rings (SSSR count). The molecule has 4 heteroatoms. The van der Waals surface area contributed by atoms with Gasteiger partial charge < -0.3 is 4.74 Å². The third-order valence-electron chi connectivity index (χ3n) is 2.43. The number of benzene rings is 1. The first kappa shape index (κ1) is 12.6. The molecule has 0 aliphatic heterocycles. The Hall–Kier alpha value is -1.42. The van der Waals surface area contributed by atoms with Crippen molar-refractivity contribution >= 4 is 5.97 Å². The fourth-order valence-corrected chi connectivity index (χ4v) is 1.54. The molecule has 0 saturated carbocycles. The standard InChI is InChI=1S/C12H16FNO2/c1-8(14-9(2)12(15)16-3)10-6-4-5-7-11(10)13/h4-9,14H,1-3H3. The lowest BCUT2D eigenvalue weighted by molar-refractivity contribution is -0.142. The van der Waals surface area contributed by atoms with E-state index in [4.69, 9.17) is 0 Å². The molecule has 2 atom stereocenters. The van der Waals surface area contributed by atoms with Gasteiger partial charge in [0.1, 0.15) is 11.9 Å². The molecular formula is C12H16FNO2. The van der Waals surface area contributed by atoms with E-state index in [0.717, 1.165) is 0 Å². The Morgan fingerprint density at radius 1 is 1.38 bits per heavy atom. The molecule has 0 aliphatic carbocycles. The van der Waals surface area contributed by atoms with Gasteiger partial charge in [-0.1, -0.05) is 18.2 Å². The number of carbonyl (C=O) groups excluding carboxylic acids is 1. The predicted molar refractivity (Wildman–Crippen MR) is 59.4 cm³/mol. The van der Waals surface area contributed by atoms with Crippen molar-refractivity contribution in [3.8, 4) is 0 Å². The highest BCUT2D eigenvalue weighted by molar-refractivity contribution is 5.75. The molecule has 0 radical (unpaired) electrons. The van der Waals surface area contributed by atoms with Crippen LogP contribution in [0.4, 0.5) is 4.39 Å². The minimum atomic E-state index is -0.459. The van der Waals surface area contributed by atoms with Crippen molar-refractivity contribution in [1.82, 2.24) is 5.32 Å². The Morgan fingerprint density at radius 3 is 2.56 bits per heavy atom. The number of hydrogen-bond donors (Lipinski definition) is 1. The van der Waals surface area contributed by atoms with Crippen molar-refractivity contribution in [1.29, 1.82) is 0 Å². The third-order valence-corrected chi connectivity index (χ3v) is 2.43. The van der Waals surface area contributed by atoms with Crippen LogP contribution in [0, 0.1) is 5.82 Å².